The predicted molar refractivity (Wildman–Crippen MR) is 62.6 cm³/mol. The van der Waals surface area contributed by atoms with Gasteiger partial charge in [-0.25, -0.2) is 0 Å². The molecule has 0 radical (unpaired) electrons. The van der Waals surface area contributed by atoms with Gasteiger partial charge in [0.15, 0.2) is 5.82 Å². The maximum Gasteiger partial charge on any atom is 0.252 e. The van der Waals surface area contributed by atoms with E-state index in [0.717, 1.165) is 31.9 Å². The smallest absolute Gasteiger partial charge is 0.252 e. The Morgan fingerprint density at radius 3 is 2.82 bits per heavy atom. The minimum atomic E-state index is -0.0712. The third kappa shape index (κ3) is 3.49. The van der Waals surface area contributed by atoms with Crippen LogP contribution < -0.4 is 5.32 Å². The molecule has 0 aliphatic carbocycles. The van der Waals surface area contributed by atoms with Crippen molar-refractivity contribution in [2.24, 2.45) is 0 Å². The molecule has 6 heteroatoms. The predicted octanol–water partition coefficient (Wildman–Crippen LogP) is 0.0522. The van der Waals surface area contributed by atoms with Gasteiger partial charge in [0, 0.05) is 26.1 Å². The van der Waals surface area contributed by atoms with E-state index in [1.54, 1.807) is 0 Å². The molecule has 96 valence electrons. The Hall–Kier alpha value is -0.980. The van der Waals surface area contributed by atoms with Gasteiger partial charge in [0.1, 0.15) is 6.61 Å². The van der Waals surface area contributed by atoms with Crippen LogP contribution in [0.15, 0.2) is 4.52 Å². The number of ether oxygens (including phenoxy) is 1. The Balaban J connectivity index is 1.77. The molecule has 0 aromatic carbocycles. The fraction of sp³-hybridized carbons (Fsp3) is 0.818. The molecule has 2 rings (SSSR count). The van der Waals surface area contributed by atoms with E-state index in [4.69, 9.17) is 9.26 Å². The van der Waals surface area contributed by atoms with Crippen molar-refractivity contribution in [3.8, 4) is 0 Å². The molecule has 17 heavy (non-hydrogen) atoms. The Kier molecular flexibility index (Phi) is 3.76. The van der Waals surface area contributed by atoms with Gasteiger partial charge >= 0.3 is 0 Å². The summed E-state index contributed by atoms with van der Waals surface area (Å²) in [5.41, 5.74) is -0.0712. The molecule has 0 spiro atoms. The van der Waals surface area contributed by atoms with Crippen molar-refractivity contribution < 1.29 is 9.26 Å². The van der Waals surface area contributed by atoms with E-state index < -0.39 is 0 Å². The van der Waals surface area contributed by atoms with E-state index in [2.05, 4.69) is 27.3 Å². The fourth-order valence-electron chi connectivity index (χ4n) is 1.59. The van der Waals surface area contributed by atoms with Crippen LogP contribution in [0.25, 0.3) is 0 Å². The highest BCUT2D eigenvalue weighted by molar-refractivity contribution is 4.92. The van der Waals surface area contributed by atoms with Gasteiger partial charge in [0.25, 0.3) is 5.89 Å². The number of hydrogen-bond donors (Lipinski definition) is 1. The maximum absolute atomic E-state index is 5.72. The molecule has 1 aliphatic heterocycles. The summed E-state index contributed by atoms with van der Waals surface area (Å²) in [7, 11) is 4.04. The summed E-state index contributed by atoms with van der Waals surface area (Å²) in [5, 5.41) is 7.10. The molecular formula is C11H20N4O2. The van der Waals surface area contributed by atoms with Gasteiger partial charge in [-0.2, -0.15) is 4.98 Å². The largest absolute Gasteiger partial charge is 0.363 e. The Morgan fingerprint density at radius 1 is 1.47 bits per heavy atom. The molecule has 1 saturated heterocycles. The summed E-state index contributed by atoms with van der Waals surface area (Å²) in [5.74, 6) is 1.31. The Labute approximate surface area is 101 Å². The van der Waals surface area contributed by atoms with Crippen molar-refractivity contribution in [3.63, 3.8) is 0 Å². The molecule has 1 fully saturated rings. The number of aromatic nitrogens is 2. The van der Waals surface area contributed by atoms with Gasteiger partial charge in [-0.1, -0.05) is 5.16 Å². The van der Waals surface area contributed by atoms with Crippen LogP contribution in [0.3, 0.4) is 0 Å². The van der Waals surface area contributed by atoms with Crippen LogP contribution >= 0.6 is 0 Å². The zero-order valence-electron chi connectivity index (χ0n) is 10.7. The zero-order chi connectivity index (χ0) is 12.3. The zero-order valence-corrected chi connectivity index (χ0v) is 10.7. The highest BCUT2D eigenvalue weighted by Gasteiger charge is 2.32. The van der Waals surface area contributed by atoms with Gasteiger partial charge in [0.2, 0.25) is 0 Å². The summed E-state index contributed by atoms with van der Waals surface area (Å²) >= 11 is 0. The highest BCUT2D eigenvalue weighted by atomic mass is 16.5. The van der Waals surface area contributed by atoms with Crippen LogP contribution in [-0.2, 0) is 17.8 Å². The quantitative estimate of drug-likeness (QED) is 0.758. The summed E-state index contributed by atoms with van der Waals surface area (Å²) in [6.45, 7) is 5.16. The second-order valence-corrected chi connectivity index (χ2v) is 5.00. The van der Waals surface area contributed by atoms with Gasteiger partial charge in [-0.3, -0.25) is 0 Å². The number of likely N-dealkylation sites (N-methyl/N-ethyl adjacent to an activating group) is 1. The lowest BCUT2D eigenvalue weighted by Crippen LogP contribution is -2.58. The minimum absolute atomic E-state index is 0.0712. The second kappa shape index (κ2) is 5.12. The van der Waals surface area contributed by atoms with E-state index >= 15 is 0 Å². The molecule has 0 saturated carbocycles. The van der Waals surface area contributed by atoms with E-state index in [9.17, 15) is 0 Å². The number of nitrogens with one attached hydrogen (secondary N) is 1. The van der Waals surface area contributed by atoms with Crippen LogP contribution in [0.4, 0.5) is 0 Å². The monoisotopic (exact) mass is 240 g/mol. The van der Waals surface area contributed by atoms with Gasteiger partial charge in [-0.05, 0) is 21.0 Å². The molecule has 2 heterocycles. The first kappa shape index (κ1) is 12.5. The van der Waals surface area contributed by atoms with Crippen LogP contribution in [0.5, 0.6) is 0 Å². The molecule has 1 aliphatic rings. The first-order valence-corrected chi connectivity index (χ1v) is 5.88. The summed E-state index contributed by atoms with van der Waals surface area (Å²) in [6.07, 6.45) is 0.801. The molecule has 1 aromatic heterocycles. The minimum Gasteiger partial charge on any atom is -0.363 e. The summed E-state index contributed by atoms with van der Waals surface area (Å²) < 4.78 is 10.9. The lowest BCUT2D eigenvalue weighted by atomic mass is 10.0. The van der Waals surface area contributed by atoms with E-state index in [0.29, 0.717) is 12.5 Å². The van der Waals surface area contributed by atoms with Gasteiger partial charge < -0.3 is 19.5 Å². The first-order chi connectivity index (χ1) is 8.07. The molecule has 1 N–H and O–H groups in total. The average Bonchev–Trinajstić information content (AvgIpc) is 2.69. The molecular weight excluding hydrogens is 220 g/mol. The van der Waals surface area contributed by atoms with Crippen molar-refractivity contribution in [1.82, 2.24) is 20.4 Å². The van der Waals surface area contributed by atoms with Crippen molar-refractivity contribution in [1.29, 1.82) is 0 Å². The van der Waals surface area contributed by atoms with Gasteiger partial charge in [0.05, 0.1) is 5.60 Å². The normalized spacial score (nSPS) is 18.4. The molecule has 0 amide bonds. The molecule has 0 atom stereocenters. The van der Waals surface area contributed by atoms with Crippen LogP contribution in [0, 0.1) is 0 Å². The van der Waals surface area contributed by atoms with E-state index in [1.807, 2.05) is 14.1 Å². The van der Waals surface area contributed by atoms with Crippen LogP contribution in [0.2, 0.25) is 0 Å². The average molecular weight is 240 g/mol. The Morgan fingerprint density at radius 2 is 2.24 bits per heavy atom. The van der Waals surface area contributed by atoms with Gasteiger partial charge in [-0.15, -0.1) is 0 Å². The first-order valence-electron chi connectivity index (χ1n) is 5.88. The lowest BCUT2D eigenvalue weighted by molar-refractivity contribution is -0.0841. The Bertz CT molecular complexity index is 360. The summed E-state index contributed by atoms with van der Waals surface area (Å²) in [6, 6.07) is 0. The summed E-state index contributed by atoms with van der Waals surface area (Å²) in [4.78, 5) is 6.38. The molecule has 1 aromatic rings. The third-order valence-electron chi connectivity index (χ3n) is 2.83. The molecule has 0 bridgehead atoms. The molecule has 6 nitrogen and oxygen atoms in total. The standard InChI is InChI=1S/C11H20N4O2/c1-11(7-12-8-11)16-6-10-13-9(14-17-10)4-5-15(2)3/h12H,4-8H2,1-3H3. The molecule has 0 unspecified atom stereocenters. The lowest BCUT2D eigenvalue weighted by Gasteiger charge is -2.38. The topological polar surface area (TPSA) is 63.4 Å². The maximum atomic E-state index is 5.72. The van der Waals surface area contributed by atoms with Crippen molar-refractivity contribution in [3.05, 3.63) is 11.7 Å². The van der Waals surface area contributed by atoms with E-state index in [-0.39, 0.29) is 5.60 Å². The number of nitrogens with zero attached hydrogens (tertiary/aromatic N) is 3. The number of rotatable bonds is 6. The van der Waals surface area contributed by atoms with Crippen molar-refractivity contribution in [2.45, 2.75) is 25.6 Å². The fourth-order valence-corrected chi connectivity index (χ4v) is 1.59. The third-order valence-corrected chi connectivity index (χ3v) is 2.83. The van der Waals surface area contributed by atoms with Crippen LogP contribution in [-0.4, -0.2) is 54.4 Å². The highest BCUT2D eigenvalue weighted by Crippen LogP contribution is 2.17. The number of hydrogen-bond acceptors (Lipinski definition) is 6. The second-order valence-electron chi connectivity index (χ2n) is 5.00. The SMILES string of the molecule is CN(C)CCc1noc(COC2(C)CNC2)n1. The van der Waals surface area contributed by atoms with Crippen LogP contribution in [0.1, 0.15) is 18.6 Å². The van der Waals surface area contributed by atoms with E-state index in [1.165, 1.54) is 0 Å². The van der Waals surface area contributed by atoms with Crippen molar-refractivity contribution in [2.75, 3.05) is 33.7 Å². The van der Waals surface area contributed by atoms with Crippen molar-refractivity contribution >= 4 is 0 Å².